The van der Waals surface area contributed by atoms with Gasteiger partial charge < -0.3 is 15.2 Å². The van der Waals surface area contributed by atoms with Crippen LogP contribution in [0.1, 0.15) is 34.3 Å². The van der Waals surface area contributed by atoms with E-state index in [-0.39, 0.29) is 11.9 Å². The number of likely N-dealkylation sites (tertiary alicyclic amines) is 1. The second-order valence-corrected chi connectivity index (χ2v) is 12.3. The van der Waals surface area contributed by atoms with E-state index >= 15 is 0 Å². The fourth-order valence-electron chi connectivity index (χ4n) is 5.13. The molecule has 3 aromatic rings. The minimum absolute atomic E-state index is 0.287. The second-order valence-electron chi connectivity index (χ2n) is 10.1. The standard InChI is InChI=1S/C32H38N2O4S2/c1-22-9-7-8-12-27(22)29-17-23(13-14-28(29)31(35)33-30(32(36)37)15-16-39-2)19-34-20-26(40-3)18-24(34)21-38-25-10-5-4-6-11-25/h4-14,17,24,26,30H,15-16,18-21H2,1-3H3,(H,33,35)(H,36,37)/t24-,26+,30+/m1/s1. The maximum atomic E-state index is 13.4. The van der Waals surface area contributed by atoms with Crippen LogP contribution < -0.4 is 10.1 Å². The van der Waals surface area contributed by atoms with Crippen LogP contribution in [0.2, 0.25) is 0 Å². The van der Waals surface area contributed by atoms with Crippen molar-refractivity contribution < 1.29 is 19.4 Å². The third kappa shape index (κ3) is 7.83. The minimum Gasteiger partial charge on any atom is -0.492 e. The summed E-state index contributed by atoms with van der Waals surface area (Å²) in [6, 6.07) is 23.2. The van der Waals surface area contributed by atoms with Crippen LogP contribution in [0.25, 0.3) is 11.1 Å². The molecular formula is C32H38N2O4S2. The van der Waals surface area contributed by atoms with E-state index in [0.717, 1.165) is 47.5 Å². The molecule has 0 saturated carbocycles. The molecule has 1 heterocycles. The molecule has 0 aromatic heterocycles. The third-order valence-corrected chi connectivity index (χ3v) is 9.02. The van der Waals surface area contributed by atoms with E-state index in [1.165, 1.54) is 0 Å². The molecule has 2 N–H and O–H groups in total. The van der Waals surface area contributed by atoms with E-state index in [1.54, 1.807) is 11.8 Å². The first kappa shape index (κ1) is 30.0. The van der Waals surface area contributed by atoms with E-state index in [2.05, 4.69) is 22.5 Å². The summed E-state index contributed by atoms with van der Waals surface area (Å²) in [5.41, 5.74) is 4.44. The Balaban J connectivity index is 1.59. The smallest absolute Gasteiger partial charge is 0.326 e. The van der Waals surface area contributed by atoms with Crippen molar-refractivity contribution in [2.75, 3.05) is 31.4 Å². The number of benzene rings is 3. The summed E-state index contributed by atoms with van der Waals surface area (Å²) in [6.07, 6.45) is 5.52. The zero-order valence-electron chi connectivity index (χ0n) is 23.3. The molecule has 1 amide bonds. The van der Waals surface area contributed by atoms with Crippen LogP contribution in [0, 0.1) is 6.92 Å². The summed E-state index contributed by atoms with van der Waals surface area (Å²) < 4.78 is 6.14. The molecule has 0 bridgehead atoms. The Labute approximate surface area is 245 Å². The molecule has 0 radical (unpaired) electrons. The first-order chi connectivity index (χ1) is 19.4. The van der Waals surface area contributed by atoms with E-state index in [0.29, 0.717) is 29.6 Å². The Bertz CT molecular complexity index is 1290. The number of thioether (sulfide) groups is 2. The van der Waals surface area contributed by atoms with Crippen molar-refractivity contribution in [1.29, 1.82) is 0 Å². The van der Waals surface area contributed by atoms with Crippen molar-refractivity contribution in [2.45, 2.75) is 43.6 Å². The number of carbonyl (C=O) groups excluding carboxylic acids is 1. The Morgan fingerprint density at radius 1 is 1.05 bits per heavy atom. The number of carboxylic acids is 1. The summed E-state index contributed by atoms with van der Waals surface area (Å²) in [7, 11) is 0. The lowest BCUT2D eigenvalue weighted by Crippen LogP contribution is -2.41. The number of nitrogens with one attached hydrogen (secondary N) is 1. The topological polar surface area (TPSA) is 78.9 Å². The number of para-hydroxylation sites is 1. The summed E-state index contributed by atoms with van der Waals surface area (Å²) in [4.78, 5) is 27.7. The summed E-state index contributed by atoms with van der Waals surface area (Å²) >= 11 is 3.46. The number of aliphatic carboxylic acids is 1. The quantitative estimate of drug-likeness (QED) is 0.258. The lowest BCUT2D eigenvalue weighted by molar-refractivity contribution is -0.139. The molecule has 3 aromatic carbocycles. The zero-order valence-corrected chi connectivity index (χ0v) is 25.0. The van der Waals surface area contributed by atoms with Gasteiger partial charge in [-0.25, -0.2) is 4.79 Å². The molecule has 40 heavy (non-hydrogen) atoms. The van der Waals surface area contributed by atoms with Gasteiger partial charge in [0.2, 0.25) is 0 Å². The van der Waals surface area contributed by atoms with Crippen LogP contribution in [0.5, 0.6) is 5.75 Å². The van der Waals surface area contributed by atoms with E-state index in [9.17, 15) is 14.7 Å². The van der Waals surface area contributed by atoms with E-state index in [4.69, 9.17) is 4.74 Å². The normalized spacial score (nSPS) is 17.9. The molecule has 8 heteroatoms. The maximum absolute atomic E-state index is 13.4. The highest BCUT2D eigenvalue weighted by Crippen LogP contribution is 2.32. The van der Waals surface area contributed by atoms with Gasteiger partial charge in [0.05, 0.1) is 0 Å². The number of hydrogen-bond acceptors (Lipinski definition) is 6. The highest BCUT2D eigenvalue weighted by molar-refractivity contribution is 7.99. The van der Waals surface area contributed by atoms with Crippen LogP contribution in [0.3, 0.4) is 0 Å². The highest BCUT2D eigenvalue weighted by atomic mass is 32.2. The van der Waals surface area contributed by atoms with Gasteiger partial charge in [0.1, 0.15) is 18.4 Å². The van der Waals surface area contributed by atoms with Gasteiger partial charge >= 0.3 is 5.97 Å². The molecule has 1 aliphatic heterocycles. The number of nitrogens with zero attached hydrogens (tertiary/aromatic N) is 1. The van der Waals surface area contributed by atoms with Crippen molar-refractivity contribution in [2.24, 2.45) is 0 Å². The predicted octanol–water partition coefficient (Wildman–Crippen LogP) is 5.98. The number of hydrogen-bond donors (Lipinski definition) is 2. The minimum atomic E-state index is -1.02. The average molecular weight is 579 g/mol. The first-order valence-electron chi connectivity index (χ1n) is 13.6. The Morgan fingerprint density at radius 2 is 1.80 bits per heavy atom. The Morgan fingerprint density at radius 3 is 2.50 bits per heavy atom. The fraction of sp³-hybridized carbons (Fsp3) is 0.375. The van der Waals surface area contributed by atoms with Gasteiger partial charge in [-0.15, -0.1) is 0 Å². The lowest BCUT2D eigenvalue weighted by Gasteiger charge is -2.25. The van der Waals surface area contributed by atoms with Gasteiger partial charge in [0, 0.05) is 29.9 Å². The SMILES string of the molecule is CSCC[C@H](NC(=O)c1ccc(CN2C[C@@H](SC)C[C@@H]2COc2ccccc2)cc1-c1ccccc1C)C(=O)O. The van der Waals surface area contributed by atoms with Crippen LogP contribution >= 0.6 is 23.5 Å². The van der Waals surface area contributed by atoms with E-state index < -0.39 is 12.0 Å². The van der Waals surface area contributed by atoms with Gasteiger partial charge in [0.25, 0.3) is 5.91 Å². The molecule has 1 aliphatic rings. The summed E-state index contributed by atoms with van der Waals surface area (Å²) in [5.74, 6) is 0.154. The molecule has 1 fully saturated rings. The lowest BCUT2D eigenvalue weighted by atomic mass is 9.93. The monoisotopic (exact) mass is 578 g/mol. The number of carbonyl (C=O) groups is 2. The highest BCUT2D eigenvalue weighted by Gasteiger charge is 2.32. The molecule has 1 saturated heterocycles. The van der Waals surface area contributed by atoms with E-state index in [1.807, 2.05) is 91.7 Å². The van der Waals surface area contributed by atoms with Gasteiger partial charge in [-0.1, -0.05) is 48.5 Å². The van der Waals surface area contributed by atoms with Crippen LogP contribution in [-0.2, 0) is 11.3 Å². The number of aryl methyl sites for hydroxylation is 1. The summed E-state index contributed by atoms with van der Waals surface area (Å²) in [6.45, 7) is 4.37. The maximum Gasteiger partial charge on any atom is 0.326 e. The van der Waals surface area contributed by atoms with Crippen molar-refractivity contribution in [3.8, 4) is 16.9 Å². The summed E-state index contributed by atoms with van der Waals surface area (Å²) in [5, 5.41) is 13.0. The number of amides is 1. The molecule has 3 atom stereocenters. The third-order valence-electron chi connectivity index (χ3n) is 7.37. The van der Waals surface area contributed by atoms with Gasteiger partial charge in [-0.05, 0) is 84.5 Å². The molecule has 212 valence electrons. The van der Waals surface area contributed by atoms with Crippen LogP contribution in [0.15, 0.2) is 72.8 Å². The molecular weight excluding hydrogens is 540 g/mol. The zero-order chi connectivity index (χ0) is 28.5. The van der Waals surface area contributed by atoms with Gasteiger partial charge in [-0.2, -0.15) is 23.5 Å². The van der Waals surface area contributed by atoms with Crippen molar-refractivity contribution in [3.63, 3.8) is 0 Å². The number of rotatable bonds is 13. The van der Waals surface area contributed by atoms with Gasteiger partial charge in [-0.3, -0.25) is 9.69 Å². The Kier molecular flexibility index (Phi) is 11.0. The molecule has 0 aliphatic carbocycles. The largest absolute Gasteiger partial charge is 0.492 e. The Hall–Kier alpha value is -2.94. The van der Waals surface area contributed by atoms with Crippen molar-refractivity contribution >= 4 is 35.4 Å². The molecule has 0 unspecified atom stereocenters. The predicted molar refractivity (Wildman–Crippen MR) is 167 cm³/mol. The van der Waals surface area contributed by atoms with Crippen LogP contribution in [-0.4, -0.2) is 70.6 Å². The van der Waals surface area contributed by atoms with Gasteiger partial charge in [0.15, 0.2) is 0 Å². The fourth-order valence-corrected chi connectivity index (χ4v) is 6.36. The molecule has 6 nitrogen and oxygen atoms in total. The van der Waals surface area contributed by atoms with Crippen molar-refractivity contribution in [1.82, 2.24) is 10.2 Å². The average Bonchev–Trinajstić information content (AvgIpc) is 3.36. The second kappa shape index (κ2) is 14.6. The van der Waals surface area contributed by atoms with Crippen LogP contribution in [0.4, 0.5) is 0 Å². The number of ether oxygens (including phenoxy) is 1. The number of carboxylic acid groups (broad SMARTS) is 1. The first-order valence-corrected chi connectivity index (χ1v) is 16.2. The van der Waals surface area contributed by atoms with Crippen molar-refractivity contribution in [3.05, 3.63) is 89.5 Å². The molecule has 4 rings (SSSR count). The molecule has 0 spiro atoms.